The Kier molecular flexibility index (Phi) is 12.3. The maximum atomic E-state index is 11.8. The van der Waals surface area contributed by atoms with E-state index >= 15 is 0 Å². The second-order valence-electron chi connectivity index (χ2n) is 5.26. The van der Waals surface area contributed by atoms with Crippen LogP contribution in [0.2, 0.25) is 0 Å². The normalized spacial score (nSPS) is 13.2. The van der Waals surface area contributed by atoms with Crippen LogP contribution >= 0.6 is 0 Å². The third kappa shape index (κ3) is 11.8. The van der Waals surface area contributed by atoms with E-state index in [0.717, 1.165) is 25.7 Å². The summed E-state index contributed by atoms with van der Waals surface area (Å²) in [4.78, 5) is 23.5. The summed E-state index contributed by atoms with van der Waals surface area (Å²) in [6.07, 6.45) is 2.25. The molecule has 0 aliphatic rings. The zero-order valence-corrected chi connectivity index (χ0v) is 14.8. The first kappa shape index (κ1) is 21.6. The van der Waals surface area contributed by atoms with E-state index in [0.29, 0.717) is 13.2 Å². The third-order valence-electron chi connectivity index (χ3n) is 2.92. The van der Waals surface area contributed by atoms with Crippen LogP contribution in [0.25, 0.3) is 0 Å². The molecule has 0 radical (unpaired) electrons. The van der Waals surface area contributed by atoms with E-state index < -0.39 is 24.5 Å². The predicted molar refractivity (Wildman–Crippen MR) is 86.6 cm³/mol. The van der Waals surface area contributed by atoms with Crippen LogP contribution in [0.3, 0.4) is 0 Å². The van der Waals surface area contributed by atoms with Crippen LogP contribution in [0.5, 0.6) is 0 Å². The van der Waals surface area contributed by atoms with Gasteiger partial charge >= 0.3 is 11.9 Å². The van der Waals surface area contributed by atoms with Crippen molar-refractivity contribution < 1.29 is 28.5 Å². The number of unbranched alkanes of at least 4 members (excludes halogenated alkanes) is 2. The lowest BCUT2D eigenvalue weighted by Crippen LogP contribution is -2.23. The largest absolute Gasteiger partial charge is 0.436 e. The number of ether oxygens (including phenoxy) is 4. The average molecular weight is 330 g/mol. The molecule has 0 saturated carbocycles. The van der Waals surface area contributed by atoms with Gasteiger partial charge in [0, 0.05) is 5.57 Å². The lowest BCUT2D eigenvalue weighted by Gasteiger charge is -2.16. The lowest BCUT2D eigenvalue weighted by atomic mass is 10.2. The Labute approximate surface area is 139 Å². The molecule has 6 heteroatoms. The van der Waals surface area contributed by atoms with Crippen molar-refractivity contribution in [1.29, 1.82) is 0 Å². The summed E-state index contributed by atoms with van der Waals surface area (Å²) < 4.78 is 20.7. The maximum Gasteiger partial charge on any atom is 0.336 e. The number of hydrogen-bond donors (Lipinski definition) is 0. The van der Waals surface area contributed by atoms with Crippen molar-refractivity contribution in [2.75, 3.05) is 13.2 Å². The van der Waals surface area contributed by atoms with Crippen LogP contribution in [0.1, 0.15) is 59.8 Å². The minimum Gasteiger partial charge on any atom is -0.436 e. The molecule has 0 aromatic carbocycles. The Morgan fingerprint density at radius 3 is 1.87 bits per heavy atom. The molecule has 0 N–H and O–H groups in total. The molecule has 2 atom stereocenters. The first-order chi connectivity index (χ1) is 10.9. The highest BCUT2D eigenvalue weighted by Gasteiger charge is 2.18. The topological polar surface area (TPSA) is 71.1 Å². The summed E-state index contributed by atoms with van der Waals surface area (Å²) in [6, 6.07) is 0. The molecule has 6 nitrogen and oxygen atoms in total. The summed E-state index contributed by atoms with van der Waals surface area (Å²) in [7, 11) is 0. The first-order valence-corrected chi connectivity index (χ1v) is 8.22. The molecule has 0 bridgehead atoms. The standard InChI is InChI=1S/C17H30O6/c1-6-8-10-20-14(4)22-16(18)12-13(3)17(19)23-15(5)21-11-9-7-2/h14-15H,3,6-12H2,1-2,4-5H3. The minimum absolute atomic E-state index is 0.0294. The molecular formula is C17H30O6. The van der Waals surface area contributed by atoms with E-state index in [9.17, 15) is 9.59 Å². The highest BCUT2D eigenvalue weighted by atomic mass is 16.7. The second kappa shape index (κ2) is 13.1. The highest BCUT2D eigenvalue weighted by Crippen LogP contribution is 2.08. The minimum atomic E-state index is -0.668. The fraction of sp³-hybridized carbons (Fsp3) is 0.765. The zero-order valence-electron chi connectivity index (χ0n) is 14.8. The van der Waals surface area contributed by atoms with E-state index in [1.807, 2.05) is 13.8 Å². The van der Waals surface area contributed by atoms with Gasteiger partial charge in [0.05, 0.1) is 19.6 Å². The van der Waals surface area contributed by atoms with E-state index in [2.05, 4.69) is 6.58 Å². The van der Waals surface area contributed by atoms with E-state index in [1.54, 1.807) is 13.8 Å². The Morgan fingerprint density at radius 1 is 0.913 bits per heavy atom. The smallest absolute Gasteiger partial charge is 0.336 e. The molecule has 0 aliphatic carbocycles. The van der Waals surface area contributed by atoms with Crippen LogP contribution in [0.4, 0.5) is 0 Å². The van der Waals surface area contributed by atoms with Crippen molar-refractivity contribution in [3.63, 3.8) is 0 Å². The fourth-order valence-corrected chi connectivity index (χ4v) is 1.56. The van der Waals surface area contributed by atoms with Crippen molar-refractivity contribution in [2.45, 2.75) is 72.4 Å². The summed E-state index contributed by atoms with van der Waals surface area (Å²) >= 11 is 0. The number of hydrogen-bond acceptors (Lipinski definition) is 6. The molecule has 0 fully saturated rings. The number of carbonyl (C=O) groups is 2. The summed E-state index contributed by atoms with van der Waals surface area (Å²) in [5, 5.41) is 0. The van der Waals surface area contributed by atoms with Crippen molar-refractivity contribution in [1.82, 2.24) is 0 Å². The molecule has 134 valence electrons. The Balaban J connectivity index is 4.01. The van der Waals surface area contributed by atoms with Crippen LogP contribution < -0.4 is 0 Å². The molecule has 0 amide bonds. The fourth-order valence-electron chi connectivity index (χ4n) is 1.56. The van der Waals surface area contributed by atoms with Crippen LogP contribution in [-0.2, 0) is 28.5 Å². The van der Waals surface area contributed by atoms with Crippen molar-refractivity contribution in [3.05, 3.63) is 12.2 Å². The van der Waals surface area contributed by atoms with Gasteiger partial charge in [0.2, 0.25) is 0 Å². The number of esters is 2. The van der Waals surface area contributed by atoms with Crippen LogP contribution in [-0.4, -0.2) is 37.7 Å². The van der Waals surface area contributed by atoms with E-state index in [-0.39, 0.29) is 12.0 Å². The summed E-state index contributed by atoms with van der Waals surface area (Å²) in [5.41, 5.74) is 0.0294. The molecule has 0 spiro atoms. The number of carbonyl (C=O) groups excluding carboxylic acids is 2. The molecule has 0 heterocycles. The molecule has 23 heavy (non-hydrogen) atoms. The third-order valence-corrected chi connectivity index (χ3v) is 2.92. The van der Waals surface area contributed by atoms with E-state index in [1.165, 1.54) is 0 Å². The Bertz CT molecular complexity index is 366. The quantitative estimate of drug-likeness (QED) is 0.223. The summed E-state index contributed by atoms with van der Waals surface area (Å²) in [5.74, 6) is -1.24. The van der Waals surface area contributed by atoms with Gasteiger partial charge in [-0.15, -0.1) is 0 Å². The van der Waals surface area contributed by atoms with Gasteiger partial charge in [0.15, 0.2) is 12.6 Å². The van der Waals surface area contributed by atoms with Crippen LogP contribution in [0.15, 0.2) is 12.2 Å². The van der Waals surface area contributed by atoms with Gasteiger partial charge in [0.25, 0.3) is 0 Å². The van der Waals surface area contributed by atoms with Crippen molar-refractivity contribution in [2.24, 2.45) is 0 Å². The van der Waals surface area contributed by atoms with E-state index in [4.69, 9.17) is 18.9 Å². The average Bonchev–Trinajstić information content (AvgIpc) is 2.47. The van der Waals surface area contributed by atoms with Gasteiger partial charge in [-0.1, -0.05) is 33.3 Å². The Hall–Kier alpha value is -1.40. The monoisotopic (exact) mass is 330 g/mol. The molecule has 0 saturated heterocycles. The molecule has 0 aliphatic heterocycles. The van der Waals surface area contributed by atoms with Crippen LogP contribution in [0, 0.1) is 0 Å². The SMILES string of the molecule is C=C(CC(=O)OC(C)OCCCC)C(=O)OC(C)OCCCC. The molecule has 0 aromatic rings. The number of rotatable bonds is 13. The Morgan fingerprint density at radius 2 is 1.39 bits per heavy atom. The van der Waals surface area contributed by atoms with Crippen molar-refractivity contribution in [3.8, 4) is 0 Å². The van der Waals surface area contributed by atoms with Crippen molar-refractivity contribution >= 4 is 11.9 Å². The lowest BCUT2D eigenvalue weighted by molar-refractivity contribution is -0.177. The molecule has 0 rings (SSSR count). The molecule has 0 aromatic heterocycles. The molecular weight excluding hydrogens is 300 g/mol. The van der Waals surface area contributed by atoms with Gasteiger partial charge in [-0.05, 0) is 26.7 Å². The van der Waals surface area contributed by atoms with Gasteiger partial charge in [0.1, 0.15) is 0 Å². The van der Waals surface area contributed by atoms with Gasteiger partial charge in [-0.3, -0.25) is 4.79 Å². The van der Waals surface area contributed by atoms with Gasteiger partial charge in [-0.25, -0.2) is 4.79 Å². The zero-order chi connectivity index (χ0) is 17.7. The first-order valence-electron chi connectivity index (χ1n) is 8.22. The highest BCUT2D eigenvalue weighted by molar-refractivity contribution is 5.93. The maximum absolute atomic E-state index is 11.8. The molecule has 2 unspecified atom stereocenters. The van der Waals surface area contributed by atoms with Gasteiger partial charge in [-0.2, -0.15) is 0 Å². The second-order valence-corrected chi connectivity index (χ2v) is 5.26. The summed E-state index contributed by atoms with van der Waals surface area (Å²) in [6.45, 7) is 12.0. The predicted octanol–water partition coefficient (Wildman–Crippen LogP) is 3.34. The van der Waals surface area contributed by atoms with Gasteiger partial charge < -0.3 is 18.9 Å².